The summed E-state index contributed by atoms with van der Waals surface area (Å²) < 4.78 is 4.89. The van der Waals surface area contributed by atoms with Crippen LogP contribution in [0.4, 0.5) is 0 Å². The van der Waals surface area contributed by atoms with E-state index in [-0.39, 0.29) is 11.0 Å². The molecule has 0 fully saturated rings. The third-order valence-electron chi connectivity index (χ3n) is 6.23. The molecule has 2 nitrogen and oxygen atoms in total. The molecule has 0 amide bonds. The number of benzene rings is 3. The molecule has 2 heteroatoms. The second-order valence-electron chi connectivity index (χ2n) is 10.7. The van der Waals surface area contributed by atoms with E-state index >= 15 is 0 Å². The summed E-state index contributed by atoms with van der Waals surface area (Å²) in [5.41, 5.74) is 9.07. The highest BCUT2D eigenvalue weighted by atomic mass is 15.2. The van der Waals surface area contributed by atoms with Crippen LogP contribution in [0.15, 0.2) is 66.7 Å². The normalized spacial score (nSPS) is 12.5. The van der Waals surface area contributed by atoms with Gasteiger partial charge in [0.05, 0.1) is 12.6 Å². The lowest BCUT2D eigenvalue weighted by Gasteiger charge is -2.20. The monoisotopic (exact) mass is 411 g/mol. The van der Waals surface area contributed by atoms with E-state index in [1.807, 2.05) is 0 Å². The van der Waals surface area contributed by atoms with E-state index in [9.17, 15) is 0 Å². The SMILES string of the molecule is Cc1ccc(-c2ccccc2)cc1-c1n(C)c2cc(C(C)(C)C)ccc2[n+]1C(C)(C)C. The van der Waals surface area contributed by atoms with Crippen LogP contribution in [0.2, 0.25) is 0 Å². The van der Waals surface area contributed by atoms with Crippen LogP contribution in [0, 0.1) is 6.92 Å². The molecular weight excluding hydrogens is 376 g/mol. The van der Waals surface area contributed by atoms with E-state index < -0.39 is 0 Å². The van der Waals surface area contributed by atoms with Crippen molar-refractivity contribution in [3.05, 3.63) is 77.9 Å². The summed E-state index contributed by atoms with van der Waals surface area (Å²) in [6.45, 7) is 15.9. The highest BCUT2D eigenvalue weighted by molar-refractivity contribution is 5.79. The number of aryl methyl sites for hydroxylation is 2. The average Bonchev–Trinajstić information content (AvgIpc) is 3.00. The van der Waals surface area contributed by atoms with Gasteiger partial charge in [0.2, 0.25) is 0 Å². The Hall–Kier alpha value is -2.87. The van der Waals surface area contributed by atoms with Crippen LogP contribution in [-0.2, 0) is 18.0 Å². The van der Waals surface area contributed by atoms with Crippen molar-refractivity contribution in [3.8, 4) is 22.5 Å². The molecule has 1 aromatic heterocycles. The fraction of sp³-hybridized carbons (Fsp3) is 0.345. The van der Waals surface area contributed by atoms with Gasteiger partial charge in [-0.15, -0.1) is 0 Å². The maximum absolute atomic E-state index is 2.51. The van der Waals surface area contributed by atoms with Crippen LogP contribution in [-0.4, -0.2) is 4.57 Å². The maximum atomic E-state index is 2.51. The van der Waals surface area contributed by atoms with Crippen LogP contribution < -0.4 is 4.57 Å². The predicted octanol–water partition coefficient (Wildman–Crippen LogP) is 7.16. The molecule has 0 spiro atoms. The van der Waals surface area contributed by atoms with E-state index in [2.05, 4.69) is 131 Å². The minimum atomic E-state index is -0.0483. The van der Waals surface area contributed by atoms with Gasteiger partial charge in [0.25, 0.3) is 5.82 Å². The Morgan fingerprint density at radius 3 is 2.03 bits per heavy atom. The van der Waals surface area contributed by atoms with Crippen molar-refractivity contribution in [2.24, 2.45) is 7.05 Å². The fourth-order valence-corrected chi connectivity index (χ4v) is 4.48. The molecule has 0 saturated carbocycles. The quantitative estimate of drug-likeness (QED) is 0.309. The lowest BCUT2D eigenvalue weighted by atomic mass is 9.87. The summed E-state index contributed by atoms with van der Waals surface area (Å²) in [5.74, 6) is 1.25. The lowest BCUT2D eigenvalue weighted by molar-refractivity contribution is -0.721. The van der Waals surface area contributed by atoms with Gasteiger partial charge in [-0.1, -0.05) is 69.3 Å². The molecule has 0 saturated heterocycles. The zero-order chi connectivity index (χ0) is 22.6. The van der Waals surface area contributed by atoms with Crippen LogP contribution in [0.25, 0.3) is 33.5 Å². The van der Waals surface area contributed by atoms with Crippen molar-refractivity contribution in [2.45, 2.75) is 59.4 Å². The Bertz CT molecular complexity index is 1250. The lowest BCUT2D eigenvalue weighted by Crippen LogP contribution is -2.51. The molecule has 0 radical (unpaired) electrons. The van der Waals surface area contributed by atoms with E-state index in [0.29, 0.717) is 0 Å². The zero-order valence-corrected chi connectivity index (χ0v) is 20.2. The van der Waals surface area contributed by atoms with Gasteiger partial charge in [0.15, 0.2) is 11.0 Å². The van der Waals surface area contributed by atoms with Crippen molar-refractivity contribution < 1.29 is 4.57 Å². The molecular formula is C29H35N2+. The minimum absolute atomic E-state index is 0.0483. The first-order chi connectivity index (χ1) is 14.5. The number of aromatic nitrogens is 2. The van der Waals surface area contributed by atoms with Gasteiger partial charge in [-0.05, 0) is 73.6 Å². The van der Waals surface area contributed by atoms with Crippen LogP contribution in [0.5, 0.6) is 0 Å². The topological polar surface area (TPSA) is 8.81 Å². The summed E-state index contributed by atoms with van der Waals surface area (Å²) in [7, 11) is 2.21. The third kappa shape index (κ3) is 3.80. The molecule has 0 aliphatic carbocycles. The van der Waals surface area contributed by atoms with E-state index in [4.69, 9.17) is 0 Å². The molecule has 0 N–H and O–H groups in total. The van der Waals surface area contributed by atoms with Gasteiger partial charge in [-0.2, -0.15) is 0 Å². The first-order valence-corrected chi connectivity index (χ1v) is 11.2. The Labute approximate surface area is 187 Å². The third-order valence-corrected chi connectivity index (χ3v) is 6.23. The molecule has 1 heterocycles. The number of imidazole rings is 1. The van der Waals surface area contributed by atoms with Gasteiger partial charge < -0.3 is 0 Å². The van der Waals surface area contributed by atoms with Gasteiger partial charge >= 0.3 is 0 Å². The van der Waals surface area contributed by atoms with Gasteiger partial charge in [-0.3, -0.25) is 0 Å². The summed E-state index contributed by atoms with van der Waals surface area (Å²) in [4.78, 5) is 0. The van der Waals surface area contributed by atoms with E-state index in [0.717, 1.165) is 0 Å². The molecule has 0 aliphatic rings. The highest BCUT2D eigenvalue weighted by Crippen LogP contribution is 2.33. The Kier molecular flexibility index (Phi) is 5.08. The second kappa shape index (κ2) is 7.37. The van der Waals surface area contributed by atoms with Gasteiger partial charge in [0.1, 0.15) is 5.54 Å². The summed E-state index contributed by atoms with van der Waals surface area (Å²) in [5, 5.41) is 0. The van der Waals surface area contributed by atoms with Crippen LogP contribution in [0.3, 0.4) is 0 Å². The Morgan fingerprint density at radius 1 is 0.742 bits per heavy atom. The first kappa shape index (κ1) is 21.4. The largest absolute Gasteiger partial charge is 0.290 e. The van der Waals surface area contributed by atoms with Crippen LogP contribution in [0.1, 0.15) is 52.7 Å². The number of nitrogens with zero attached hydrogens (tertiary/aromatic N) is 2. The van der Waals surface area contributed by atoms with Crippen LogP contribution >= 0.6 is 0 Å². The number of hydrogen-bond acceptors (Lipinski definition) is 0. The van der Waals surface area contributed by atoms with Crippen molar-refractivity contribution in [3.63, 3.8) is 0 Å². The molecule has 4 aromatic rings. The Balaban J connectivity index is 2.05. The number of rotatable bonds is 2. The van der Waals surface area contributed by atoms with Gasteiger partial charge in [-0.25, -0.2) is 9.13 Å². The summed E-state index contributed by atoms with van der Waals surface area (Å²) in [6, 6.07) is 24.5. The zero-order valence-electron chi connectivity index (χ0n) is 20.2. The van der Waals surface area contributed by atoms with Crippen molar-refractivity contribution in [2.75, 3.05) is 0 Å². The molecule has 0 unspecified atom stereocenters. The first-order valence-electron chi connectivity index (χ1n) is 11.2. The standard InChI is InChI=1S/C29H35N2/c1-20-14-15-22(21-12-10-9-11-13-21)18-24(20)27-30(8)26-19-23(28(2,3)4)16-17-25(26)31(27)29(5,6)7/h9-19H,1-8H3/q+1. The Morgan fingerprint density at radius 2 is 1.42 bits per heavy atom. The average molecular weight is 412 g/mol. The van der Waals surface area contributed by atoms with Crippen molar-refractivity contribution >= 4 is 11.0 Å². The molecule has 31 heavy (non-hydrogen) atoms. The molecule has 4 rings (SSSR count). The van der Waals surface area contributed by atoms with Crippen molar-refractivity contribution in [1.82, 2.24) is 4.57 Å². The number of fused-ring (bicyclic) bond motifs is 1. The molecule has 0 aliphatic heterocycles. The second-order valence-corrected chi connectivity index (χ2v) is 10.7. The maximum Gasteiger partial charge on any atom is 0.290 e. The summed E-state index contributed by atoms with van der Waals surface area (Å²) >= 11 is 0. The molecule has 0 atom stereocenters. The summed E-state index contributed by atoms with van der Waals surface area (Å²) in [6.07, 6.45) is 0. The number of hydrogen-bond donors (Lipinski definition) is 0. The minimum Gasteiger partial charge on any atom is -0.226 e. The smallest absolute Gasteiger partial charge is 0.226 e. The highest BCUT2D eigenvalue weighted by Gasteiger charge is 2.33. The van der Waals surface area contributed by atoms with E-state index in [1.54, 1.807) is 0 Å². The molecule has 0 bridgehead atoms. The van der Waals surface area contributed by atoms with E-state index in [1.165, 1.54) is 44.7 Å². The predicted molar refractivity (Wildman–Crippen MR) is 132 cm³/mol. The van der Waals surface area contributed by atoms with Gasteiger partial charge in [0, 0.05) is 0 Å². The molecule has 3 aromatic carbocycles. The fourth-order valence-electron chi connectivity index (χ4n) is 4.48. The molecule has 160 valence electrons. The van der Waals surface area contributed by atoms with Crippen molar-refractivity contribution in [1.29, 1.82) is 0 Å².